The van der Waals surface area contributed by atoms with E-state index in [1.807, 2.05) is 0 Å². The van der Waals surface area contributed by atoms with Crippen molar-refractivity contribution in [2.24, 2.45) is 0 Å². The van der Waals surface area contributed by atoms with Gasteiger partial charge in [-0.1, -0.05) is 0 Å². The minimum Gasteiger partial charge on any atom is -0.447 e. The summed E-state index contributed by atoms with van der Waals surface area (Å²) in [7, 11) is 2.80. The fourth-order valence-electron chi connectivity index (χ4n) is 0.536. The fourth-order valence-corrected chi connectivity index (χ4v) is 0.536. The van der Waals surface area contributed by atoms with Crippen LogP contribution in [0.15, 0.2) is 0 Å². The summed E-state index contributed by atoms with van der Waals surface area (Å²) in [5.74, 6) is 0. The highest BCUT2D eigenvalue weighted by molar-refractivity contribution is 5.67. The zero-order chi connectivity index (χ0) is 11.0. The summed E-state index contributed by atoms with van der Waals surface area (Å²) in [6, 6.07) is 0. The van der Waals surface area contributed by atoms with Gasteiger partial charge in [0, 0.05) is 14.1 Å². The van der Waals surface area contributed by atoms with Crippen molar-refractivity contribution < 1.29 is 24.2 Å². The van der Waals surface area contributed by atoms with Gasteiger partial charge in [-0.05, 0) is 0 Å². The first-order valence-corrected chi connectivity index (χ1v) is 3.97. The number of ether oxygens (including phenoxy) is 2. The summed E-state index contributed by atoms with van der Waals surface area (Å²) in [5.41, 5.74) is 0. The molecule has 0 bridgehead atoms. The number of alkyl carbamates (subject to hydrolysis) is 2. The van der Waals surface area contributed by atoms with E-state index >= 15 is 0 Å². The number of hydrogen-bond donors (Lipinski definition) is 3. The fraction of sp³-hybridized carbons (Fsp3) is 0.714. The molecule has 82 valence electrons. The first kappa shape index (κ1) is 12.5. The number of rotatable bonds is 4. The molecule has 3 N–H and O–H groups in total. The van der Waals surface area contributed by atoms with Gasteiger partial charge in [-0.3, -0.25) is 0 Å². The van der Waals surface area contributed by atoms with Gasteiger partial charge in [-0.15, -0.1) is 0 Å². The molecule has 0 saturated carbocycles. The van der Waals surface area contributed by atoms with Crippen molar-refractivity contribution in [3.63, 3.8) is 0 Å². The van der Waals surface area contributed by atoms with Gasteiger partial charge in [0.25, 0.3) is 0 Å². The molecule has 0 aromatic heterocycles. The molecule has 0 unspecified atom stereocenters. The Morgan fingerprint density at radius 3 is 1.79 bits per heavy atom. The Bertz CT molecular complexity index is 177. The molecule has 0 rings (SSSR count). The quantitative estimate of drug-likeness (QED) is 0.551. The standard InChI is InChI=1S/C7H14N2O5/c1-8-6(11)13-3-5(10)4-14-7(12)9-2/h5,10H,3-4H2,1-2H3,(H,8,11)(H,9,12). The average Bonchev–Trinajstić information content (AvgIpc) is 2.22. The lowest BCUT2D eigenvalue weighted by Gasteiger charge is -2.11. The van der Waals surface area contributed by atoms with Gasteiger partial charge in [0.15, 0.2) is 0 Å². The first-order chi connectivity index (χ1) is 6.60. The monoisotopic (exact) mass is 206 g/mol. The minimum absolute atomic E-state index is 0.226. The largest absolute Gasteiger partial charge is 0.447 e. The second-order valence-electron chi connectivity index (χ2n) is 2.35. The molecule has 0 aromatic carbocycles. The SMILES string of the molecule is CNC(=O)OCC(O)COC(=O)NC. The lowest BCUT2D eigenvalue weighted by molar-refractivity contribution is 0.0236. The maximum Gasteiger partial charge on any atom is 0.406 e. The van der Waals surface area contributed by atoms with Crippen LogP contribution in [0, 0.1) is 0 Å². The molecule has 0 aliphatic rings. The van der Waals surface area contributed by atoms with Crippen LogP contribution >= 0.6 is 0 Å². The minimum atomic E-state index is -1.02. The molecule has 14 heavy (non-hydrogen) atoms. The van der Waals surface area contributed by atoms with Gasteiger partial charge < -0.3 is 25.2 Å². The van der Waals surface area contributed by atoms with Crippen LogP contribution in [0.2, 0.25) is 0 Å². The molecule has 0 atom stereocenters. The lowest BCUT2D eigenvalue weighted by atomic mass is 10.4. The number of amides is 2. The third kappa shape index (κ3) is 6.06. The van der Waals surface area contributed by atoms with Crippen LogP contribution in [0.5, 0.6) is 0 Å². The van der Waals surface area contributed by atoms with Crippen molar-refractivity contribution in [1.29, 1.82) is 0 Å². The van der Waals surface area contributed by atoms with Gasteiger partial charge in [-0.25, -0.2) is 9.59 Å². The van der Waals surface area contributed by atoms with Gasteiger partial charge in [0.1, 0.15) is 19.3 Å². The summed E-state index contributed by atoms with van der Waals surface area (Å²) in [5, 5.41) is 13.5. The van der Waals surface area contributed by atoms with Crippen molar-refractivity contribution in [2.75, 3.05) is 27.3 Å². The van der Waals surface area contributed by atoms with E-state index in [1.165, 1.54) is 14.1 Å². The molecular weight excluding hydrogens is 192 g/mol. The molecular formula is C7H14N2O5. The normalized spacial score (nSPS) is 9.43. The Morgan fingerprint density at radius 1 is 1.14 bits per heavy atom. The van der Waals surface area contributed by atoms with E-state index in [1.54, 1.807) is 0 Å². The molecule has 0 aromatic rings. The molecule has 0 spiro atoms. The maximum absolute atomic E-state index is 10.5. The summed E-state index contributed by atoms with van der Waals surface area (Å²) >= 11 is 0. The Morgan fingerprint density at radius 2 is 1.50 bits per heavy atom. The summed E-state index contributed by atoms with van der Waals surface area (Å²) < 4.78 is 9.01. The van der Waals surface area contributed by atoms with E-state index in [9.17, 15) is 9.59 Å². The van der Waals surface area contributed by atoms with Gasteiger partial charge in [0.05, 0.1) is 0 Å². The van der Waals surface area contributed by atoms with E-state index < -0.39 is 18.3 Å². The summed E-state index contributed by atoms with van der Waals surface area (Å²) in [4.78, 5) is 21.1. The highest BCUT2D eigenvalue weighted by Gasteiger charge is 2.09. The number of nitrogens with one attached hydrogen (secondary N) is 2. The first-order valence-electron chi connectivity index (χ1n) is 3.97. The topological polar surface area (TPSA) is 96.9 Å². The summed E-state index contributed by atoms with van der Waals surface area (Å²) in [6.07, 6.45) is -2.32. The molecule has 7 heteroatoms. The highest BCUT2D eigenvalue weighted by Crippen LogP contribution is 1.88. The Kier molecular flexibility index (Phi) is 6.21. The van der Waals surface area contributed by atoms with Gasteiger partial charge >= 0.3 is 12.2 Å². The molecule has 7 nitrogen and oxygen atoms in total. The maximum atomic E-state index is 10.5. The van der Waals surface area contributed by atoms with Crippen LogP contribution in [0.25, 0.3) is 0 Å². The van der Waals surface area contributed by atoms with Crippen molar-refractivity contribution >= 4 is 12.2 Å². The van der Waals surface area contributed by atoms with Crippen molar-refractivity contribution in [1.82, 2.24) is 10.6 Å². The van der Waals surface area contributed by atoms with Crippen molar-refractivity contribution in [3.05, 3.63) is 0 Å². The lowest BCUT2D eigenvalue weighted by Crippen LogP contribution is -2.30. The second-order valence-corrected chi connectivity index (χ2v) is 2.35. The molecule has 0 aliphatic carbocycles. The highest BCUT2D eigenvalue weighted by atomic mass is 16.6. The van der Waals surface area contributed by atoms with Crippen molar-refractivity contribution in [2.45, 2.75) is 6.10 Å². The predicted octanol–water partition coefficient (Wildman–Crippen LogP) is -0.941. The smallest absolute Gasteiger partial charge is 0.406 e. The van der Waals surface area contributed by atoms with Gasteiger partial charge in [0.2, 0.25) is 0 Å². The van der Waals surface area contributed by atoms with Crippen LogP contribution < -0.4 is 10.6 Å². The predicted molar refractivity (Wildman–Crippen MR) is 46.8 cm³/mol. The molecule has 0 saturated heterocycles. The van der Waals surface area contributed by atoms with Crippen LogP contribution in [-0.4, -0.2) is 50.7 Å². The zero-order valence-corrected chi connectivity index (χ0v) is 8.07. The van der Waals surface area contributed by atoms with Crippen LogP contribution in [0.3, 0.4) is 0 Å². The second kappa shape index (κ2) is 6.96. The third-order valence-corrected chi connectivity index (χ3v) is 1.22. The Labute approximate surface area is 81.4 Å². The van der Waals surface area contributed by atoms with E-state index in [0.717, 1.165) is 0 Å². The van der Waals surface area contributed by atoms with E-state index in [4.69, 9.17) is 5.11 Å². The molecule has 0 fully saturated rings. The van der Waals surface area contributed by atoms with E-state index in [2.05, 4.69) is 20.1 Å². The third-order valence-electron chi connectivity index (χ3n) is 1.22. The summed E-state index contributed by atoms with van der Waals surface area (Å²) in [6.45, 7) is -0.451. The number of carbonyl (C=O) groups is 2. The number of aliphatic hydroxyl groups excluding tert-OH is 1. The van der Waals surface area contributed by atoms with Gasteiger partial charge in [-0.2, -0.15) is 0 Å². The molecule has 0 aliphatic heterocycles. The van der Waals surface area contributed by atoms with Crippen LogP contribution in [0.1, 0.15) is 0 Å². The molecule has 0 radical (unpaired) electrons. The van der Waals surface area contributed by atoms with Crippen molar-refractivity contribution in [3.8, 4) is 0 Å². The zero-order valence-electron chi connectivity index (χ0n) is 8.07. The number of aliphatic hydroxyl groups is 1. The van der Waals surface area contributed by atoms with Crippen LogP contribution in [0.4, 0.5) is 9.59 Å². The van der Waals surface area contributed by atoms with E-state index in [-0.39, 0.29) is 13.2 Å². The molecule has 2 amide bonds. The number of carbonyl (C=O) groups excluding carboxylic acids is 2. The molecule has 0 heterocycles. The van der Waals surface area contributed by atoms with E-state index in [0.29, 0.717) is 0 Å². The number of hydrogen-bond acceptors (Lipinski definition) is 5. The Hall–Kier alpha value is -1.50. The Balaban J connectivity index is 3.50. The average molecular weight is 206 g/mol. The van der Waals surface area contributed by atoms with Crippen LogP contribution in [-0.2, 0) is 9.47 Å².